The van der Waals surface area contributed by atoms with Gasteiger partial charge < -0.3 is 14.4 Å². The minimum absolute atomic E-state index is 0.0155. The Morgan fingerprint density at radius 1 is 1.32 bits per heavy atom. The number of ether oxygens (including phenoxy) is 1. The van der Waals surface area contributed by atoms with Crippen molar-refractivity contribution in [3.05, 3.63) is 46.6 Å². The molecule has 0 amide bonds. The van der Waals surface area contributed by atoms with Crippen LogP contribution >= 0.6 is 11.6 Å². The molecule has 11 heteroatoms. The Labute approximate surface area is 179 Å². The van der Waals surface area contributed by atoms with E-state index in [-0.39, 0.29) is 29.1 Å². The monoisotopic (exact) mass is 455 g/mol. The molecule has 1 aromatic carbocycles. The summed E-state index contributed by atoms with van der Waals surface area (Å²) in [6.07, 6.45) is -3.27. The molecular formula is C20H17ClF3N3O4. The Kier molecular flexibility index (Phi) is 6.49. The smallest absolute Gasteiger partial charge is 0.422 e. The predicted molar refractivity (Wildman–Crippen MR) is 105 cm³/mol. The minimum atomic E-state index is -4.51. The highest BCUT2D eigenvalue weighted by atomic mass is 35.5. The molecule has 31 heavy (non-hydrogen) atoms. The van der Waals surface area contributed by atoms with Crippen molar-refractivity contribution in [2.75, 3.05) is 6.61 Å². The SMILES string of the molecule is Cc1cc(C(C)CC(=O)O)ccc1-c1noc(-c2cnc(OCC(F)(F)F)c(Cl)c2)n1. The van der Waals surface area contributed by atoms with Crippen LogP contribution < -0.4 is 4.74 Å². The van der Waals surface area contributed by atoms with Crippen molar-refractivity contribution in [2.24, 2.45) is 0 Å². The van der Waals surface area contributed by atoms with E-state index in [0.29, 0.717) is 17.0 Å². The van der Waals surface area contributed by atoms with Crippen molar-refractivity contribution in [3.63, 3.8) is 0 Å². The first kappa shape index (κ1) is 22.5. The molecule has 0 aliphatic carbocycles. The Balaban J connectivity index is 1.80. The highest BCUT2D eigenvalue weighted by molar-refractivity contribution is 6.32. The van der Waals surface area contributed by atoms with Crippen LogP contribution in [0, 0.1) is 6.92 Å². The largest absolute Gasteiger partial charge is 0.481 e. The molecule has 1 unspecified atom stereocenters. The number of nitrogens with zero attached hydrogens (tertiary/aromatic N) is 3. The van der Waals surface area contributed by atoms with Gasteiger partial charge in [-0.25, -0.2) is 4.98 Å². The molecule has 0 aliphatic heterocycles. The van der Waals surface area contributed by atoms with Gasteiger partial charge in [0.1, 0.15) is 5.02 Å². The van der Waals surface area contributed by atoms with Crippen LogP contribution in [0.4, 0.5) is 13.2 Å². The summed E-state index contributed by atoms with van der Waals surface area (Å²) in [7, 11) is 0. The van der Waals surface area contributed by atoms with Gasteiger partial charge in [-0.05, 0) is 30.0 Å². The molecule has 2 aromatic heterocycles. The van der Waals surface area contributed by atoms with Crippen molar-refractivity contribution in [1.82, 2.24) is 15.1 Å². The summed E-state index contributed by atoms with van der Waals surface area (Å²) in [6.45, 7) is 2.16. The number of aliphatic carboxylic acids is 1. The second-order valence-corrected chi connectivity index (χ2v) is 7.32. The number of pyridine rings is 1. The molecule has 0 saturated heterocycles. The van der Waals surface area contributed by atoms with Crippen LogP contribution in [0.1, 0.15) is 30.4 Å². The molecule has 1 N–H and O–H groups in total. The summed E-state index contributed by atoms with van der Waals surface area (Å²) in [5, 5.41) is 12.8. The van der Waals surface area contributed by atoms with Crippen LogP contribution in [0.5, 0.6) is 5.88 Å². The standard InChI is InChI=1S/C20H17ClF3N3O4/c1-10(6-16(28)29)12-3-4-14(11(2)5-12)17-26-18(31-27-17)13-7-15(21)19(25-8-13)30-9-20(22,23)24/h3-5,7-8,10H,6,9H2,1-2H3,(H,28,29). The molecule has 164 valence electrons. The van der Waals surface area contributed by atoms with Gasteiger partial charge in [-0.15, -0.1) is 0 Å². The van der Waals surface area contributed by atoms with Gasteiger partial charge in [-0.3, -0.25) is 4.79 Å². The first-order valence-corrected chi connectivity index (χ1v) is 9.43. The van der Waals surface area contributed by atoms with E-state index in [0.717, 1.165) is 11.1 Å². The number of aryl methyl sites for hydroxylation is 1. The van der Waals surface area contributed by atoms with E-state index < -0.39 is 18.8 Å². The molecule has 0 spiro atoms. The van der Waals surface area contributed by atoms with Gasteiger partial charge in [-0.2, -0.15) is 18.2 Å². The Hall–Kier alpha value is -3.14. The number of carboxylic acid groups (broad SMARTS) is 1. The Morgan fingerprint density at radius 3 is 2.68 bits per heavy atom. The number of hydrogen-bond acceptors (Lipinski definition) is 6. The number of carboxylic acids is 1. The van der Waals surface area contributed by atoms with Crippen LogP contribution in [0.15, 0.2) is 35.0 Å². The zero-order valence-corrected chi connectivity index (χ0v) is 17.2. The third-order valence-electron chi connectivity index (χ3n) is 4.39. The second kappa shape index (κ2) is 8.93. The lowest BCUT2D eigenvalue weighted by atomic mass is 9.94. The van der Waals surface area contributed by atoms with Gasteiger partial charge in [0.2, 0.25) is 11.7 Å². The van der Waals surface area contributed by atoms with Crippen LogP contribution in [0.25, 0.3) is 22.8 Å². The van der Waals surface area contributed by atoms with Crippen molar-refractivity contribution >= 4 is 17.6 Å². The second-order valence-electron chi connectivity index (χ2n) is 6.91. The third kappa shape index (κ3) is 5.72. The summed E-state index contributed by atoms with van der Waals surface area (Å²) in [5.74, 6) is -1.02. The number of rotatable bonds is 7. The van der Waals surface area contributed by atoms with E-state index in [1.807, 2.05) is 19.9 Å². The number of aromatic nitrogens is 3. The summed E-state index contributed by atoms with van der Waals surface area (Å²) < 4.78 is 46.7. The zero-order chi connectivity index (χ0) is 22.8. The van der Waals surface area contributed by atoms with Crippen LogP contribution in [0.3, 0.4) is 0 Å². The first-order chi connectivity index (χ1) is 14.5. The molecule has 0 saturated carbocycles. The highest BCUT2D eigenvalue weighted by Gasteiger charge is 2.29. The maximum absolute atomic E-state index is 12.3. The molecule has 3 aromatic rings. The van der Waals surface area contributed by atoms with E-state index >= 15 is 0 Å². The molecule has 0 radical (unpaired) electrons. The number of halogens is 4. The van der Waals surface area contributed by atoms with Gasteiger partial charge >= 0.3 is 12.1 Å². The fourth-order valence-corrected chi connectivity index (χ4v) is 3.09. The van der Waals surface area contributed by atoms with Crippen molar-refractivity contribution < 1.29 is 32.3 Å². The van der Waals surface area contributed by atoms with E-state index in [1.165, 1.54) is 12.3 Å². The number of benzene rings is 1. The lowest BCUT2D eigenvalue weighted by Crippen LogP contribution is -2.19. The Bertz CT molecular complexity index is 1100. The molecule has 7 nitrogen and oxygen atoms in total. The van der Waals surface area contributed by atoms with Crippen LogP contribution in [-0.4, -0.2) is 39.0 Å². The van der Waals surface area contributed by atoms with Crippen molar-refractivity contribution in [2.45, 2.75) is 32.4 Å². The van der Waals surface area contributed by atoms with Gasteiger partial charge in [0.25, 0.3) is 5.89 Å². The quantitative estimate of drug-likeness (QED) is 0.517. The summed E-state index contributed by atoms with van der Waals surface area (Å²) in [6, 6.07) is 6.76. The van der Waals surface area contributed by atoms with E-state index in [9.17, 15) is 18.0 Å². The summed E-state index contributed by atoms with van der Waals surface area (Å²) in [5.41, 5.74) is 2.70. The van der Waals surface area contributed by atoms with Gasteiger partial charge in [-0.1, -0.05) is 41.9 Å². The maximum Gasteiger partial charge on any atom is 0.422 e. The molecule has 0 bridgehead atoms. The minimum Gasteiger partial charge on any atom is -0.481 e. The van der Waals surface area contributed by atoms with Crippen LogP contribution in [-0.2, 0) is 4.79 Å². The fourth-order valence-electron chi connectivity index (χ4n) is 2.87. The number of carbonyl (C=O) groups is 1. The van der Waals surface area contributed by atoms with Crippen molar-refractivity contribution in [3.8, 4) is 28.7 Å². The van der Waals surface area contributed by atoms with Gasteiger partial charge in [0.15, 0.2) is 6.61 Å². The zero-order valence-electron chi connectivity index (χ0n) is 16.4. The summed E-state index contributed by atoms with van der Waals surface area (Å²) >= 11 is 5.95. The predicted octanol–water partition coefficient (Wildman–Crippen LogP) is 5.28. The van der Waals surface area contributed by atoms with Crippen molar-refractivity contribution in [1.29, 1.82) is 0 Å². The van der Waals surface area contributed by atoms with Gasteiger partial charge in [0, 0.05) is 11.8 Å². The average molecular weight is 456 g/mol. The Morgan fingerprint density at radius 2 is 2.06 bits per heavy atom. The lowest BCUT2D eigenvalue weighted by molar-refractivity contribution is -0.154. The van der Waals surface area contributed by atoms with Crippen LogP contribution in [0.2, 0.25) is 5.02 Å². The molecule has 0 fully saturated rings. The molecule has 3 rings (SSSR count). The first-order valence-electron chi connectivity index (χ1n) is 9.05. The number of hydrogen-bond donors (Lipinski definition) is 1. The topological polar surface area (TPSA) is 98.3 Å². The maximum atomic E-state index is 12.3. The van der Waals surface area contributed by atoms with E-state index in [2.05, 4.69) is 19.9 Å². The molecule has 2 heterocycles. The van der Waals surface area contributed by atoms with E-state index in [4.69, 9.17) is 21.2 Å². The fraction of sp³-hybridized carbons (Fsp3) is 0.300. The lowest BCUT2D eigenvalue weighted by Gasteiger charge is -2.11. The average Bonchev–Trinajstić information content (AvgIpc) is 3.15. The highest BCUT2D eigenvalue weighted by Crippen LogP contribution is 2.31. The molecule has 0 aliphatic rings. The van der Waals surface area contributed by atoms with Gasteiger partial charge in [0.05, 0.1) is 12.0 Å². The summed E-state index contributed by atoms with van der Waals surface area (Å²) in [4.78, 5) is 19.0. The normalized spacial score (nSPS) is 12.6. The van der Waals surface area contributed by atoms with E-state index in [1.54, 1.807) is 12.1 Å². The molecular weight excluding hydrogens is 439 g/mol. The molecule has 1 atom stereocenters. The third-order valence-corrected chi connectivity index (χ3v) is 4.66. The number of alkyl halides is 3.